The van der Waals surface area contributed by atoms with E-state index in [-0.39, 0.29) is 28.4 Å². The van der Waals surface area contributed by atoms with Crippen molar-refractivity contribution in [3.63, 3.8) is 0 Å². The van der Waals surface area contributed by atoms with Crippen LogP contribution in [0.1, 0.15) is 78.1 Å². The lowest BCUT2D eigenvalue weighted by atomic mass is 9.94. The maximum Gasteiger partial charge on any atom is 0.301 e. The van der Waals surface area contributed by atoms with Gasteiger partial charge in [-0.05, 0) is 61.7 Å². The summed E-state index contributed by atoms with van der Waals surface area (Å²) in [6.07, 6.45) is 3.72. The molecule has 208 valence electrons. The first-order valence-electron chi connectivity index (χ1n) is 13.5. The van der Waals surface area contributed by atoms with Crippen LogP contribution in [-0.4, -0.2) is 40.3 Å². The highest BCUT2D eigenvalue weighted by molar-refractivity contribution is 7.18. The first-order chi connectivity index (χ1) is 19.2. The summed E-state index contributed by atoms with van der Waals surface area (Å²) >= 11 is 1.06. The van der Waals surface area contributed by atoms with Crippen molar-refractivity contribution in [1.29, 1.82) is 0 Å². The van der Waals surface area contributed by atoms with Gasteiger partial charge < -0.3 is 14.6 Å². The zero-order valence-corrected chi connectivity index (χ0v) is 23.8. The zero-order chi connectivity index (χ0) is 28.6. The van der Waals surface area contributed by atoms with Crippen molar-refractivity contribution >= 4 is 39.7 Å². The van der Waals surface area contributed by atoms with E-state index in [1.807, 2.05) is 13.0 Å². The molecule has 0 bridgehead atoms. The number of ketones is 2. The summed E-state index contributed by atoms with van der Waals surface area (Å²) in [6, 6.07) is 11.5. The number of carbonyl (C=O) groups is 3. The summed E-state index contributed by atoms with van der Waals surface area (Å²) < 4.78 is 11.7. The summed E-state index contributed by atoms with van der Waals surface area (Å²) in [6.45, 7) is 7.76. The number of thiazole rings is 1. The minimum atomic E-state index is -0.965. The van der Waals surface area contributed by atoms with Crippen LogP contribution in [0.4, 0.5) is 5.13 Å². The number of nitrogens with zero attached hydrogens (tertiary/aromatic N) is 2. The van der Waals surface area contributed by atoms with Crippen LogP contribution in [0, 0.1) is 6.92 Å². The van der Waals surface area contributed by atoms with Crippen LogP contribution >= 0.6 is 11.3 Å². The van der Waals surface area contributed by atoms with Crippen molar-refractivity contribution in [3.05, 3.63) is 75.3 Å². The molecule has 0 unspecified atom stereocenters. The van der Waals surface area contributed by atoms with Gasteiger partial charge in [0.1, 0.15) is 23.4 Å². The molecule has 1 aromatic heterocycles. The summed E-state index contributed by atoms with van der Waals surface area (Å²) in [5, 5.41) is 11.8. The molecule has 0 saturated carbocycles. The Bertz CT molecular complexity index is 1520. The molecule has 1 amide bonds. The van der Waals surface area contributed by atoms with E-state index in [2.05, 4.69) is 11.9 Å². The van der Waals surface area contributed by atoms with Crippen molar-refractivity contribution in [2.45, 2.75) is 65.5 Å². The van der Waals surface area contributed by atoms with Crippen LogP contribution in [-0.2, 0) is 16.0 Å². The van der Waals surface area contributed by atoms with Crippen LogP contribution < -0.4 is 14.4 Å². The van der Waals surface area contributed by atoms with Crippen molar-refractivity contribution in [2.75, 3.05) is 11.5 Å². The van der Waals surface area contributed by atoms with Gasteiger partial charge in [-0.2, -0.15) is 0 Å². The van der Waals surface area contributed by atoms with Crippen LogP contribution in [0.25, 0.3) is 5.76 Å². The number of ether oxygens (including phenoxy) is 2. The molecular formula is C31H32N2O6S. The Morgan fingerprint density at radius 3 is 2.73 bits per heavy atom. The lowest BCUT2D eigenvalue weighted by molar-refractivity contribution is -0.132. The summed E-state index contributed by atoms with van der Waals surface area (Å²) in [5.41, 5.74) is 2.37. The second kappa shape index (κ2) is 11.3. The highest BCUT2D eigenvalue weighted by atomic mass is 32.1. The van der Waals surface area contributed by atoms with E-state index in [0.29, 0.717) is 40.5 Å². The Kier molecular flexibility index (Phi) is 7.76. The second-order valence-corrected chi connectivity index (χ2v) is 11.2. The molecule has 0 spiro atoms. The molecule has 1 fully saturated rings. The Morgan fingerprint density at radius 1 is 1.20 bits per heavy atom. The number of aryl methyl sites for hydroxylation is 1. The molecule has 8 nitrogen and oxygen atoms in total. The number of Topliss-reactive ketones (excluding diaryl/α,β-unsaturated/α-hetero) is 2. The SMILES string of the molecule is CCCCCOc1cccc([C@H]2C(=C(O)c3ccc4c(c3)C[C@@H](C)O4)C(=O)C(=O)N2c2nc(C)c(C(C)=O)s2)c1. The number of hydrogen-bond acceptors (Lipinski definition) is 8. The number of unbranched alkanes of at least 4 members (excludes halogenated alkanes) is 2. The van der Waals surface area contributed by atoms with Crippen LogP contribution in [0.3, 0.4) is 0 Å². The van der Waals surface area contributed by atoms with Gasteiger partial charge in [-0.1, -0.05) is 43.2 Å². The largest absolute Gasteiger partial charge is 0.507 e. The van der Waals surface area contributed by atoms with E-state index in [9.17, 15) is 19.5 Å². The molecule has 1 N–H and O–H groups in total. The van der Waals surface area contributed by atoms with Gasteiger partial charge in [0.2, 0.25) is 0 Å². The number of aliphatic hydroxyl groups is 1. The number of rotatable bonds is 9. The van der Waals surface area contributed by atoms with Crippen LogP contribution in [0.2, 0.25) is 0 Å². The molecule has 5 rings (SSSR count). The number of hydrogen-bond donors (Lipinski definition) is 1. The average Bonchev–Trinajstić information content (AvgIpc) is 3.58. The third-order valence-corrected chi connectivity index (χ3v) is 8.37. The van der Waals surface area contributed by atoms with Gasteiger partial charge in [0.05, 0.1) is 28.8 Å². The third kappa shape index (κ3) is 5.13. The molecule has 2 atom stereocenters. The molecule has 1 saturated heterocycles. The third-order valence-electron chi connectivity index (χ3n) is 7.12. The summed E-state index contributed by atoms with van der Waals surface area (Å²) in [5.74, 6) is -0.748. The number of amides is 1. The maximum atomic E-state index is 13.6. The first-order valence-corrected chi connectivity index (χ1v) is 14.3. The molecule has 3 heterocycles. The van der Waals surface area contributed by atoms with Gasteiger partial charge in [-0.25, -0.2) is 4.98 Å². The fraction of sp³-hybridized carbons (Fsp3) is 0.355. The summed E-state index contributed by atoms with van der Waals surface area (Å²) in [7, 11) is 0. The molecule has 40 heavy (non-hydrogen) atoms. The zero-order valence-electron chi connectivity index (χ0n) is 23.0. The second-order valence-electron chi connectivity index (χ2n) is 10.2. The fourth-order valence-corrected chi connectivity index (χ4v) is 6.19. The standard InChI is InChI=1S/C31H32N2O6S/c1-5-6-7-13-38-23-10-8-9-20(16-23)26-25(27(35)21-11-12-24-22(15-21)14-17(2)39-24)28(36)30(37)33(26)31-32-18(3)29(40-31)19(4)34/h8-12,15-17,26,35H,5-7,13-14H2,1-4H3/t17-,26+/m1/s1. The average molecular weight is 561 g/mol. The van der Waals surface area contributed by atoms with Crippen molar-refractivity contribution < 1.29 is 29.0 Å². The van der Waals surface area contributed by atoms with Gasteiger partial charge in [0.15, 0.2) is 10.9 Å². The first kappa shape index (κ1) is 27.6. The summed E-state index contributed by atoms with van der Waals surface area (Å²) in [4.78, 5) is 45.5. The minimum Gasteiger partial charge on any atom is -0.507 e. The lowest BCUT2D eigenvalue weighted by Crippen LogP contribution is -2.29. The predicted molar refractivity (Wildman–Crippen MR) is 153 cm³/mol. The molecule has 0 radical (unpaired) electrons. The smallest absolute Gasteiger partial charge is 0.301 e. The molecule has 2 aromatic carbocycles. The number of carbonyl (C=O) groups excluding carboxylic acids is 3. The van der Waals surface area contributed by atoms with Crippen molar-refractivity contribution in [3.8, 4) is 11.5 Å². The Morgan fingerprint density at radius 2 is 2.00 bits per heavy atom. The minimum absolute atomic E-state index is 0.0154. The van der Waals surface area contributed by atoms with E-state index < -0.39 is 17.7 Å². The molecule has 0 aliphatic carbocycles. The highest BCUT2D eigenvalue weighted by Crippen LogP contribution is 2.45. The Hall–Kier alpha value is -3.98. The van der Waals surface area contributed by atoms with Gasteiger partial charge in [-0.3, -0.25) is 19.3 Å². The topological polar surface area (TPSA) is 106 Å². The number of fused-ring (bicyclic) bond motifs is 1. The van der Waals surface area contributed by atoms with Crippen LogP contribution in [0.15, 0.2) is 48.0 Å². The van der Waals surface area contributed by atoms with Crippen molar-refractivity contribution in [2.24, 2.45) is 0 Å². The van der Waals surface area contributed by atoms with Gasteiger partial charge in [0, 0.05) is 18.9 Å². The predicted octanol–water partition coefficient (Wildman–Crippen LogP) is 6.17. The van der Waals surface area contributed by atoms with E-state index in [0.717, 1.165) is 41.9 Å². The molecule has 2 aliphatic heterocycles. The number of aromatic nitrogens is 1. The van der Waals surface area contributed by atoms with Crippen molar-refractivity contribution in [1.82, 2.24) is 4.98 Å². The number of anilines is 1. The Labute approximate surface area is 237 Å². The maximum absolute atomic E-state index is 13.6. The quantitative estimate of drug-likeness (QED) is 0.110. The van der Waals surface area contributed by atoms with Gasteiger partial charge >= 0.3 is 5.91 Å². The highest BCUT2D eigenvalue weighted by Gasteiger charge is 2.48. The van der Waals surface area contributed by atoms with E-state index in [1.54, 1.807) is 43.3 Å². The van der Waals surface area contributed by atoms with E-state index in [1.165, 1.54) is 11.8 Å². The Balaban J connectivity index is 1.63. The number of aliphatic hydroxyl groups excluding tert-OH is 1. The van der Waals surface area contributed by atoms with Gasteiger partial charge in [0.25, 0.3) is 5.78 Å². The number of benzene rings is 2. The molecule has 3 aromatic rings. The fourth-order valence-electron chi connectivity index (χ4n) is 5.20. The van der Waals surface area contributed by atoms with Gasteiger partial charge in [-0.15, -0.1) is 0 Å². The molecular weight excluding hydrogens is 528 g/mol. The molecule has 2 aliphatic rings. The van der Waals surface area contributed by atoms with Crippen LogP contribution in [0.5, 0.6) is 11.5 Å². The molecule has 9 heteroatoms. The van der Waals surface area contributed by atoms with E-state index >= 15 is 0 Å². The monoisotopic (exact) mass is 560 g/mol. The van der Waals surface area contributed by atoms with E-state index in [4.69, 9.17) is 9.47 Å². The normalized spacial score (nSPS) is 19.6. The lowest BCUT2D eigenvalue weighted by Gasteiger charge is -2.23.